The number of hydrogen-bond acceptors (Lipinski definition) is 5. The van der Waals surface area contributed by atoms with Crippen molar-refractivity contribution in [2.45, 2.75) is 37.8 Å². The van der Waals surface area contributed by atoms with Crippen LogP contribution in [0.4, 0.5) is 11.4 Å². The number of nitrogens with two attached hydrogens (primary N) is 1. The second-order valence-electron chi connectivity index (χ2n) is 4.96. The minimum absolute atomic E-state index is 0.0178. The van der Waals surface area contributed by atoms with Crippen LogP contribution < -0.4 is 11.1 Å². The molecule has 1 fully saturated rings. The summed E-state index contributed by atoms with van der Waals surface area (Å²) in [5, 5.41) is 23.3. The zero-order valence-corrected chi connectivity index (χ0v) is 10.9. The summed E-state index contributed by atoms with van der Waals surface area (Å²) in [6, 6.07) is 3.63. The van der Waals surface area contributed by atoms with Crippen LogP contribution in [-0.4, -0.2) is 28.1 Å². The van der Waals surface area contributed by atoms with Gasteiger partial charge in [-0.15, -0.1) is 0 Å². The van der Waals surface area contributed by atoms with Crippen LogP contribution in [0.1, 0.15) is 36.0 Å². The van der Waals surface area contributed by atoms with E-state index in [4.69, 9.17) is 5.73 Å². The Balaban J connectivity index is 2.13. The fraction of sp³-hybridized carbons (Fsp3) is 0.462. The van der Waals surface area contributed by atoms with E-state index in [0.717, 1.165) is 18.9 Å². The number of nitrogens with zero attached hydrogens (tertiary/aromatic N) is 1. The molecular formula is C13H17N3O4. The summed E-state index contributed by atoms with van der Waals surface area (Å²) in [6.07, 6.45) is 2.71. The molecular weight excluding hydrogens is 262 g/mol. The van der Waals surface area contributed by atoms with Gasteiger partial charge in [-0.1, -0.05) is 12.8 Å². The van der Waals surface area contributed by atoms with Crippen molar-refractivity contribution in [2.24, 2.45) is 0 Å². The van der Waals surface area contributed by atoms with Crippen molar-refractivity contribution in [2.75, 3.05) is 5.73 Å². The van der Waals surface area contributed by atoms with Crippen molar-refractivity contribution in [3.8, 4) is 0 Å². The van der Waals surface area contributed by atoms with Crippen LogP contribution in [0.2, 0.25) is 0 Å². The lowest BCUT2D eigenvalue weighted by atomic mass is 9.92. The zero-order chi connectivity index (χ0) is 14.7. The van der Waals surface area contributed by atoms with Gasteiger partial charge in [0.05, 0.1) is 17.1 Å². The van der Waals surface area contributed by atoms with Gasteiger partial charge in [-0.25, -0.2) is 0 Å². The number of aliphatic hydroxyl groups excluding tert-OH is 1. The summed E-state index contributed by atoms with van der Waals surface area (Å²) in [5.41, 5.74) is 5.38. The monoisotopic (exact) mass is 279 g/mol. The van der Waals surface area contributed by atoms with E-state index in [1.54, 1.807) is 0 Å². The number of aliphatic hydroxyl groups is 1. The summed E-state index contributed by atoms with van der Waals surface area (Å²) in [5.74, 6) is -0.431. The maximum absolute atomic E-state index is 12.1. The lowest BCUT2D eigenvalue weighted by Gasteiger charge is -2.28. The summed E-state index contributed by atoms with van der Waals surface area (Å²) < 4.78 is 0. The first-order chi connectivity index (χ1) is 9.49. The third-order valence-corrected chi connectivity index (χ3v) is 3.54. The van der Waals surface area contributed by atoms with Crippen LogP contribution in [0.25, 0.3) is 0 Å². The van der Waals surface area contributed by atoms with Crippen molar-refractivity contribution in [1.29, 1.82) is 0 Å². The van der Waals surface area contributed by atoms with E-state index in [-0.39, 0.29) is 23.0 Å². The number of carbonyl (C=O) groups excluding carboxylic acids is 1. The predicted molar refractivity (Wildman–Crippen MR) is 73.2 cm³/mol. The normalized spacial score (nSPS) is 22.2. The molecule has 0 aromatic heterocycles. The number of carbonyl (C=O) groups is 1. The molecule has 7 nitrogen and oxygen atoms in total. The smallest absolute Gasteiger partial charge is 0.292 e. The Morgan fingerprint density at radius 1 is 1.40 bits per heavy atom. The summed E-state index contributed by atoms with van der Waals surface area (Å²) >= 11 is 0. The first kappa shape index (κ1) is 14.3. The molecule has 20 heavy (non-hydrogen) atoms. The van der Waals surface area contributed by atoms with E-state index in [2.05, 4.69) is 5.32 Å². The van der Waals surface area contributed by atoms with Gasteiger partial charge >= 0.3 is 0 Å². The Morgan fingerprint density at radius 3 is 2.75 bits per heavy atom. The van der Waals surface area contributed by atoms with Crippen LogP contribution in [-0.2, 0) is 0 Å². The third kappa shape index (κ3) is 3.05. The Bertz CT molecular complexity index is 532. The second kappa shape index (κ2) is 5.87. The predicted octanol–water partition coefficient (Wildman–Crippen LogP) is 1.21. The van der Waals surface area contributed by atoms with Crippen LogP contribution in [0.15, 0.2) is 18.2 Å². The second-order valence-corrected chi connectivity index (χ2v) is 4.96. The van der Waals surface area contributed by atoms with Gasteiger partial charge < -0.3 is 16.2 Å². The molecule has 2 rings (SSSR count). The van der Waals surface area contributed by atoms with Gasteiger partial charge in [-0.05, 0) is 25.0 Å². The first-order valence-electron chi connectivity index (χ1n) is 6.52. The highest BCUT2D eigenvalue weighted by Crippen LogP contribution is 2.23. The molecule has 0 radical (unpaired) electrons. The van der Waals surface area contributed by atoms with E-state index in [0.29, 0.717) is 12.8 Å². The number of rotatable bonds is 3. The molecule has 1 aliphatic rings. The minimum Gasteiger partial charge on any atom is -0.393 e. The summed E-state index contributed by atoms with van der Waals surface area (Å²) in [6.45, 7) is 0. The number of hydrogen-bond donors (Lipinski definition) is 3. The van der Waals surface area contributed by atoms with Crippen LogP contribution in [0.5, 0.6) is 0 Å². The van der Waals surface area contributed by atoms with Crippen molar-refractivity contribution in [3.63, 3.8) is 0 Å². The number of nitro groups is 1. The van der Waals surface area contributed by atoms with Crippen LogP contribution in [0.3, 0.4) is 0 Å². The van der Waals surface area contributed by atoms with E-state index < -0.39 is 16.9 Å². The van der Waals surface area contributed by atoms with E-state index in [1.165, 1.54) is 12.1 Å². The van der Waals surface area contributed by atoms with Crippen molar-refractivity contribution in [3.05, 3.63) is 33.9 Å². The quantitative estimate of drug-likeness (QED) is 0.436. The maximum Gasteiger partial charge on any atom is 0.292 e. The molecule has 108 valence electrons. The lowest BCUT2D eigenvalue weighted by molar-refractivity contribution is -0.383. The van der Waals surface area contributed by atoms with Crippen molar-refractivity contribution in [1.82, 2.24) is 5.32 Å². The van der Waals surface area contributed by atoms with Crippen molar-refractivity contribution < 1.29 is 14.8 Å². The van der Waals surface area contributed by atoms with Gasteiger partial charge in [0.25, 0.3) is 11.6 Å². The van der Waals surface area contributed by atoms with Gasteiger partial charge in [0.2, 0.25) is 0 Å². The number of amides is 1. The summed E-state index contributed by atoms with van der Waals surface area (Å²) in [7, 11) is 0. The number of nitro benzene ring substituents is 1. The molecule has 0 saturated heterocycles. The molecule has 1 aromatic rings. The molecule has 1 amide bonds. The standard InChI is InChI=1S/C13H17N3O4/c14-9-6-5-8(7-11(9)16(19)20)13(18)15-10-3-1-2-4-12(10)17/h5-7,10,12,17H,1-4,14H2,(H,15,18). The molecule has 1 saturated carbocycles. The highest BCUT2D eigenvalue weighted by Gasteiger charge is 2.25. The molecule has 0 aliphatic heterocycles. The highest BCUT2D eigenvalue weighted by atomic mass is 16.6. The Kier molecular flexibility index (Phi) is 4.19. The van der Waals surface area contributed by atoms with Gasteiger partial charge in [0.15, 0.2) is 0 Å². The van der Waals surface area contributed by atoms with Crippen LogP contribution in [0, 0.1) is 10.1 Å². The van der Waals surface area contributed by atoms with Gasteiger partial charge in [0, 0.05) is 11.6 Å². The number of nitrogens with one attached hydrogen (secondary N) is 1. The molecule has 0 heterocycles. The molecule has 2 unspecified atom stereocenters. The molecule has 2 atom stereocenters. The van der Waals surface area contributed by atoms with Gasteiger partial charge in [-0.2, -0.15) is 0 Å². The molecule has 0 spiro atoms. The number of anilines is 1. The largest absolute Gasteiger partial charge is 0.393 e. The van der Waals surface area contributed by atoms with Gasteiger partial charge in [-0.3, -0.25) is 14.9 Å². The topological polar surface area (TPSA) is 118 Å². The fourth-order valence-corrected chi connectivity index (χ4v) is 2.37. The lowest BCUT2D eigenvalue weighted by Crippen LogP contribution is -2.45. The van der Waals surface area contributed by atoms with Gasteiger partial charge in [0.1, 0.15) is 5.69 Å². The Morgan fingerprint density at radius 2 is 2.10 bits per heavy atom. The Labute approximate surface area is 115 Å². The molecule has 1 aliphatic carbocycles. The molecule has 1 aromatic carbocycles. The van der Waals surface area contributed by atoms with Crippen LogP contribution >= 0.6 is 0 Å². The van der Waals surface area contributed by atoms with Crippen molar-refractivity contribution >= 4 is 17.3 Å². The Hall–Kier alpha value is -2.15. The average Bonchev–Trinajstić information content (AvgIpc) is 2.41. The fourth-order valence-electron chi connectivity index (χ4n) is 2.37. The maximum atomic E-state index is 12.1. The summed E-state index contributed by atoms with van der Waals surface area (Å²) in [4.78, 5) is 22.2. The third-order valence-electron chi connectivity index (χ3n) is 3.54. The van der Waals surface area contributed by atoms with E-state index in [1.807, 2.05) is 0 Å². The average molecular weight is 279 g/mol. The molecule has 7 heteroatoms. The molecule has 4 N–H and O–H groups in total. The zero-order valence-electron chi connectivity index (χ0n) is 10.9. The number of nitrogen functional groups attached to an aromatic ring is 1. The molecule has 0 bridgehead atoms. The van der Waals surface area contributed by atoms with E-state index >= 15 is 0 Å². The van der Waals surface area contributed by atoms with E-state index in [9.17, 15) is 20.0 Å². The first-order valence-corrected chi connectivity index (χ1v) is 6.52. The SMILES string of the molecule is Nc1ccc(C(=O)NC2CCCCC2O)cc1[N+](=O)[O-]. The number of benzene rings is 1. The highest BCUT2D eigenvalue weighted by molar-refractivity contribution is 5.95. The minimum atomic E-state index is -0.623.